The number of Topliss-reactive ketones (excluding diaryl/α,β-unsaturated/α-hetero) is 1. The van der Waals surface area contributed by atoms with E-state index >= 15 is 0 Å². The van der Waals surface area contributed by atoms with Crippen LogP contribution in [0, 0.1) is 0 Å². The zero-order valence-electron chi connectivity index (χ0n) is 8.59. The average Bonchev–Trinajstić information content (AvgIpc) is 2.18. The molecule has 0 saturated heterocycles. The molecule has 0 aliphatic heterocycles. The number of benzene rings is 1. The number of carbonyl (C=O) groups is 1. The molecule has 0 heterocycles. The highest BCUT2D eigenvalue weighted by molar-refractivity contribution is 6.35. The normalized spacial score (nSPS) is 10.7. The smallest absolute Gasteiger partial charge is 0.190 e. The van der Waals surface area contributed by atoms with Gasteiger partial charge in [0.1, 0.15) is 6.61 Å². The van der Waals surface area contributed by atoms with Gasteiger partial charge in [-0.15, -0.1) is 0 Å². The molecule has 0 saturated carbocycles. The summed E-state index contributed by atoms with van der Waals surface area (Å²) < 4.78 is 5.20. The summed E-state index contributed by atoms with van der Waals surface area (Å²) in [5.74, 6) is -0.156. The largest absolute Gasteiger partial charge is 0.371 e. The number of ether oxygens (including phenoxy) is 1. The Morgan fingerprint density at radius 1 is 1.40 bits per heavy atom. The molecule has 1 aromatic rings. The van der Waals surface area contributed by atoms with E-state index in [0.717, 1.165) is 0 Å². The van der Waals surface area contributed by atoms with Gasteiger partial charge in [-0.2, -0.15) is 0 Å². The summed E-state index contributed by atoms with van der Waals surface area (Å²) in [4.78, 5) is 11.7. The first-order chi connectivity index (χ1) is 7.00. The molecule has 0 spiro atoms. The van der Waals surface area contributed by atoms with Gasteiger partial charge in [0.2, 0.25) is 0 Å². The molecule has 1 rings (SSSR count). The first-order valence-electron chi connectivity index (χ1n) is 4.60. The molecular formula is C11H12Cl2O2. The summed E-state index contributed by atoms with van der Waals surface area (Å²) >= 11 is 11.6. The van der Waals surface area contributed by atoms with Crippen molar-refractivity contribution in [2.75, 3.05) is 6.61 Å². The Hall–Kier alpha value is -0.570. The van der Waals surface area contributed by atoms with Crippen molar-refractivity contribution < 1.29 is 9.53 Å². The van der Waals surface area contributed by atoms with Crippen molar-refractivity contribution >= 4 is 29.0 Å². The Labute approximate surface area is 99.1 Å². The van der Waals surface area contributed by atoms with E-state index in [1.165, 1.54) is 0 Å². The van der Waals surface area contributed by atoms with Gasteiger partial charge in [0.25, 0.3) is 0 Å². The molecule has 15 heavy (non-hydrogen) atoms. The van der Waals surface area contributed by atoms with Crippen LogP contribution in [0.15, 0.2) is 18.2 Å². The fraction of sp³-hybridized carbons (Fsp3) is 0.364. The molecule has 0 atom stereocenters. The van der Waals surface area contributed by atoms with Crippen molar-refractivity contribution in [3.63, 3.8) is 0 Å². The molecule has 0 amide bonds. The van der Waals surface area contributed by atoms with Crippen LogP contribution in [0.3, 0.4) is 0 Å². The topological polar surface area (TPSA) is 26.3 Å². The second-order valence-corrected chi connectivity index (χ2v) is 4.25. The summed E-state index contributed by atoms with van der Waals surface area (Å²) in [7, 11) is 0. The van der Waals surface area contributed by atoms with Crippen LogP contribution in [-0.2, 0) is 4.74 Å². The van der Waals surface area contributed by atoms with Crippen LogP contribution in [0.4, 0.5) is 0 Å². The lowest BCUT2D eigenvalue weighted by atomic mass is 10.1. The Balaban J connectivity index is 2.77. The summed E-state index contributed by atoms with van der Waals surface area (Å²) in [5, 5.41) is 0.893. The lowest BCUT2D eigenvalue weighted by Gasteiger charge is -2.07. The van der Waals surface area contributed by atoms with E-state index in [9.17, 15) is 4.79 Å². The van der Waals surface area contributed by atoms with E-state index in [-0.39, 0.29) is 18.5 Å². The molecule has 0 fully saturated rings. The predicted molar refractivity (Wildman–Crippen MR) is 61.9 cm³/mol. The summed E-state index contributed by atoms with van der Waals surface area (Å²) in [6, 6.07) is 4.80. The van der Waals surface area contributed by atoms with Crippen molar-refractivity contribution in [3.05, 3.63) is 33.8 Å². The Morgan fingerprint density at radius 2 is 2.07 bits per heavy atom. The van der Waals surface area contributed by atoms with Gasteiger partial charge in [0.05, 0.1) is 11.1 Å². The van der Waals surface area contributed by atoms with Gasteiger partial charge in [0, 0.05) is 10.6 Å². The van der Waals surface area contributed by atoms with Crippen molar-refractivity contribution in [3.8, 4) is 0 Å². The molecule has 0 aromatic heterocycles. The molecule has 0 aliphatic rings. The van der Waals surface area contributed by atoms with Crippen LogP contribution in [0.5, 0.6) is 0 Å². The van der Waals surface area contributed by atoms with Crippen LogP contribution >= 0.6 is 23.2 Å². The number of hydrogen-bond acceptors (Lipinski definition) is 2. The molecular weight excluding hydrogens is 235 g/mol. The van der Waals surface area contributed by atoms with Crippen LogP contribution in [0.25, 0.3) is 0 Å². The number of rotatable bonds is 4. The van der Waals surface area contributed by atoms with Gasteiger partial charge in [0.15, 0.2) is 5.78 Å². The van der Waals surface area contributed by atoms with E-state index < -0.39 is 0 Å². The number of carbonyl (C=O) groups excluding carboxylic acids is 1. The van der Waals surface area contributed by atoms with Gasteiger partial charge >= 0.3 is 0 Å². The second-order valence-electron chi connectivity index (χ2n) is 3.41. The van der Waals surface area contributed by atoms with Gasteiger partial charge in [-0.1, -0.05) is 23.2 Å². The molecule has 0 bridgehead atoms. The van der Waals surface area contributed by atoms with E-state index in [2.05, 4.69) is 0 Å². The lowest BCUT2D eigenvalue weighted by Crippen LogP contribution is -2.13. The van der Waals surface area contributed by atoms with E-state index in [1.54, 1.807) is 18.2 Å². The maximum absolute atomic E-state index is 11.7. The third-order valence-corrected chi connectivity index (χ3v) is 2.34. The van der Waals surface area contributed by atoms with Crippen LogP contribution in [0.2, 0.25) is 10.0 Å². The molecule has 0 radical (unpaired) electrons. The Kier molecular flexibility index (Phi) is 4.58. The minimum absolute atomic E-state index is 0.0203. The fourth-order valence-electron chi connectivity index (χ4n) is 1.03. The van der Waals surface area contributed by atoms with Crippen molar-refractivity contribution in [2.24, 2.45) is 0 Å². The third kappa shape index (κ3) is 3.82. The van der Waals surface area contributed by atoms with Gasteiger partial charge in [-0.3, -0.25) is 4.79 Å². The van der Waals surface area contributed by atoms with Crippen molar-refractivity contribution in [1.82, 2.24) is 0 Å². The van der Waals surface area contributed by atoms with Crippen LogP contribution in [-0.4, -0.2) is 18.5 Å². The molecule has 1 aromatic carbocycles. The summed E-state index contributed by atoms with van der Waals surface area (Å²) in [6.07, 6.45) is 0.0203. The second kappa shape index (κ2) is 5.50. The number of ketones is 1. The summed E-state index contributed by atoms with van der Waals surface area (Å²) in [5.41, 5.74) is 0.407. The van der Waals surface area contributed by atoms with E-state index in [0.29, 0.717) is 15.6 Å². The van der Waals surface area contributed by atoms with Crippen LogP contribution in [0.1, 0.15) is 24.2 Å². The molecule has 0 aliphatic carbocycles. The molecule has 4 heteroatoms. The fourth-order valence-corrected chi connectivity index (χ4v) is 1.43. The lowest BCUT2D eigenvalue weighted by molar-refractivity contribution is 0.0585. The molecule has 2 nitrogen and oxygen atoms in total. The SMILES string of the molecule is CC(C)OCC(=O)c1cc(Cl)ccc1Cl. The van der Waals surface area contributed by atoms with E-state index in [1.807, 2.05) is 13.8 Å². The predicted octanol–water partition coefficient (Wildman–Crippen LogP) is 3.60. The minimum atomic E-state index is -0.156. The highest BCUT2D eigenvalue weighted by Gasteiger charge is 2.11. The van der Waals surface area contributed by atoms with Crippen LogP contribution < -0.4 is 0 Å². The van der Waals surface area contributed by atoms with Gasteiger partial charge in [-0.05, 0) is 32.0 Å². The van der Waals surface area contributed by atoms with E-state index in [4.69, 9.17) is 27.9 Å². The summed E-state index contributed by atoms with van der Waals surface area (Å²) in [6.45, 7) is 3.76. The van der Waals surface area contributed by atoms with Crippen molar-refractivity contribution in [2.45, 2.75) is 20.0 Å². The van der Waals surface area contributed by atoms with Gasteiger partial charge in [-0.25, -0.2) is 0 Å². The maximum Gasteiger partial charge on any atom is 0.190 e. The number of hydrogen-bond donors (Lipinski definition) is 0. The minimum Gasteiger partial charge on any atom is -0.371 e. The quantitative estimate of drug-likeness (QED) is 0.760. The third-order valence-electron chi connectivity index (χ3n) is 1.78. The standard InChI is InChI=1S/C11H12Cl2O2/c1-7(2)15-6-11(14)9-5-8(12)3-4-10(9)13/h3-5,7H,6H2,1-2H3. The Morgan fingerprint density at radius 3 is 2.67 bits per heavy atom. The number of halogens is 2. The average molecular weight is 247 g/mol. The maximum atomic E-state index is 11.7. The molecule has 82 valence electrons. The monoisotopic (exact) mass is 246 g/mol. The Bertz CT molecular complexity index is 362. The van der Waals surface area contributed by atoms with Crippen molar-refractivity contribution in [1.29, 1.82) is 0 Å². The first-order valence-corrected chi connectivity index (χ1v) is 5.36. The molecule has 0 N–H and O–H groups in total. The highest BCUT2D eigenvalue weighted by atomic mass is 35.5. The molecule has 0 unspecified atom stereocenters. The highest BCUT2D eigenvalue weighted by Crippen LogP contribution is 2.21. The van der Waals surface area contributed by atoms with Gasteiger partial charge < -0.3 is 4.74 Å². The zero-order chi connectivity index (χ0) is 11.4. The first kappa shape index (κ1) is 12.5. The zero-order valence-corrected chi connectivity index (χ0v) is 10.1.